The molecule has 0 N–H and O–H groups in total. The molecule has 0 amide bonds. The van der Waals surface area contributed by atoms with Gasteiger partial charge in [-0.05, 0) is 128 Å². The normalized spacial score (nSPS) is 49.3. The minimum absolute atomic E-state index is 0.00551. The zero-order valence-corrected chi connectivity index (χ0v) is 25.9. The molecule has 0 heterocycles. The number of esters is 1. The molecule has 5 rings (SSSR count). The molecule has 4 unspecified atom stereocenters. The molecule has 10 atom stereocenters. The summed E-state index contributed by atoms with van der Waals surface area (Å²) in [5, 5.41) is -0.748. The maximum Gasteiger partial charge on any atom is 0.302 e. The van der Waals surface area contributed by atoms with E-state index in [-0.39, 0.29) is 45.4 Å². The highest BCUT2D eigenvalue weighted by molar-refractivity contribution is 6.81. The standard InChI is InChI=1S/C33H51ClO4/c1-19(2)21-11-16-33(27(36)28(34)37)18-17-31(7)22(26(21)33)9-10-24-30(6)14-13-25(38-20(3)35)29(4,5)23(30)12-15-32(24,31)8/h19,21-26H,9-18H2,1-8H3/t21?,22?,23-,24+,25-,26?,30?,31+,32+,33-/m0/s1. The van der Waals surface area contributed by atoms with Crippen molar-refractivity contribution in [3.63, 3.8) is 0 Å². The van der Waals surface area contributed by atoms with Crippen molar-refractivity contribution in [2.45, 2.75) is 126 Å². The third-order valence-electron chi connectivity index (χ3n) is 14.2. The van der Waals surface area contributed by atoms with Crippen LogP contribution in [0.3, 0.4) is 0 Å². The number of hydrogen-bond donors (Lipinski definition) is 0. The van der Waals surface area contributed by atoms with Gasteiger partial charge in [0.15, 0.2) is 0 Å². The molecule has 0 spiro atoms. The average molecular weight is 547 g/mol. The Bertz CT molecular complexity index is 1020. The number of carbonyl (C=O) groups excluding carboxylic acids is 3. The minimum atomic E-state index is -0.748. The van der Waals surface area contributed by atoms with E-state index in [4.69, 9.17) is 16.3 Å². The lowest BCUT2D eigenvalue weighted by atomic mass is 9.32. The van der Waals surface area contributed by atoms with Gasteiger partial charge in [0.1, 0.15) is 6.10 Å². The first-order chi connectivity index (χ1) is 17.6. The maximum absolute atomic E-state index is 13.5. The molecule has 0 aromatic rings. The first-order valence-corrected chi connectivity index (χ1v) is 15.9. The van der Waals surface area contributed by atoms with Crippen molar-refractivity contribution >= 4 is 28.6 Å². The number of hydrogen-bond acceptors (Lipinski definition) is 4. The van der Waals surface area contributed by atoms with Crippen molar-refractivity contribution in [3.05, 3.63) is 0 Å². The van der Waals surface area contributed by atoms with E-state index in [1.807, 2.05) is 0 Å². The molecule has 0 aromatic carbocycles. The van der Waals surface area contributed by atoms with E-state index in [1.54, 1.807) is 6.92 Å². The second-order valence-corrected chi connectivity index (χ2v) is 16.2. The predicted octanol–water partition coefficient (Wildman–Crippen LogP) is 7.99. The molecule has 0 aliphatic heterocycles. The lowest BCUT2D eigenvalue weighted by molar-refractivity contribution is -0.249. The van der Waals surface area contributed by atoms with Crippen LogP contribution in [0.2, 0.25) is 0 Å². The van der Waals surface area contributed by atoms with E-state index < -0.39 is 10.7 Å². The zero-order valence-electron chi connectivity index (χ0n) is 25.1. The van der Waals surface area contributed by atoms with Crippen molar-refractivity contribution in [3.8, 4) is 0 Å². The number of Topliss-reactive ketones (excluding diaryl/α,β-unsaturated/α-hetero) is 1. The van der Waals surface area contributed by atoms with E-state index in [0.717, 1.165) is 44.9 Å². The molecule has 38 heavy (non-hydrogen) atoms. The van der Waals surface area contributed by atoms with E-state index in [9.17, 15) is 14.4 Å². The average Bonchev–Trinajstić information content (AvgIpc) is 3.22. The zero-order chi connectivity index (χ0) is 28.1. The summed E-state index contributed by atoms with van der Waals surface area (Å²) in [7, 11) is 0. The van der Waals surface area contributed by atoms with Gasteiger partial charge in [-0.3, -0.25) is 14.4 Å². The van der Waals surface area contributed by atoms with Crippen molar-refractivity contribution in [2.24, 2.45) is 62.6 Å². The van der Waals surface area contributed by atoms with Crippen LogP contribution in [0.15, 0.2) is 0 Å². The lowest BCUT2D eigenvalue weighted by Crippen LogP contribution is -2.67. The summed E-state index contributed by atoms with van der Waals surface area (Å²) in [6.45, 7) is 18.6. The quantitative estimate of drug-likeness (QED) is 0.203. The third-order valence-corrected chi connectivity index (χ3v) is 14.4. The second kappa shape index (κ2) is 9.05. The molecule has 0 saturated heterocycles. The van der Waals surface area contributed by atoms with Crippen molar-refractivity contribution in [1.82, 2.24) is 0 Å². The Morgan fingerprint density at radius 2 is 1.47 bits per heavy atom. The molecule has 5 heteroatoms. The van der Waals surface area contributed by atoms with E-state index in [2.05, 4.69) is 48.5 Å². The van der Waals surface area contributed by atoms with Crippen LogP contribution in [0.25, 0.3) is 0 Å². The van der Waals surface area contributed by atoms with Gasteiger partial charge in [-0.1, -0.05) is 48.5 Å². The summed E-state index contributed by atoms with van der Waals surface area (Å²) >= 11 is 5.94. The monoisotopic (exact) mass is 546 g/mol. The summed E-state index contributed by atoms with van der Waals surface area (Å²) in [6, 6.07) is 0. The fourth-order valence-corrected chi connectivity index (χ4v) is 12.6. The van der Waals surface area contributed by atoms with Gasteiger partial charge in [0.25, 0.3) is 5.24 Å². The van der Waals surface area contributed by atoms with Gasteiger partial charge in [-0.2, -0.15) is 0 Å². The van der Waals surface area contributed by atoms with E-state index in [1.165, 1.54) is 19.3 Å². The Morgan fingerprint density at radius 3 is 2.08 bits per heavy atom. The summed E-state index contributed by atoms with van der Waals surface area (Å²) in [6.07, 6.45) is 10.4. The number of halogens is 1. The van der Waals surface area contributed by atoms with Crippen LogP contribution >= 0.6 is 11.6 Å². The highest BCUT2D eigenvalue weighted by Crippen LogP contribution is 2.77. The van der Waals surface area contributed by atoms with Crippen LogP contribution in [0.1, 0.15) is 120 Å². The second-order valence-electron chi connectivity index (χ2n) is 15.9. The highest BCUT2D eigenvalue weighted by atomic mass is 35.5. The van der Waals surface area contributed by atoms with E-state index >= 15 is 0 Å². The van der Waals surface area contributed by atoms with Gasteiger partial charge in [-0.15, -0.1) is 0 Å². The summed E-state index contributed by atoms with van der Waals surface area (Å²) in [5.41, 5.74) is -0.0459. The van der Waals surface area contributed by atoms with E-state index in [0.29, 0.717) is 29.6 Å². The molecule has 5 fully saturated rings. The molecular weight excluding hydrogens is 496 g/mol. The first kappa shape index (κ1) is 28.6. The van der Waals surface area contributed by atoms with Gasteiger partial charge < -0.3 is 4.74 Å². The Labute approximate surface area is 235 Å². The fourth-order valence-electron chi connectivity index (χ4n) is 12.4. The van der Waals surface area contributed by atoms with Crippen molar-refractivity contribution in [2.75, 3.05) is 0 Å². The number of ether oxygens (including phenoxy) is 1. The van der Waals surface area contributed by atoms with Gasteiger partial charge >= 0.3 is 5.97 Å². The number of ketones is 1. The molecule has 0 bridgehead atoms. The van der Waals surface area contributed by atoms with Gasteiger partial charge in [-0.25, -0.2) is 0 Å². The van der Waals surface area contributed by atoms with Crippen LogP contribution in [0, 0.1) is 62.6 Å². The molecule has 5 aliphatic carbocycles. The topological polar surface area (TPSA) is 60.4 Å². The Hall–Kier alpha value is -0.900. The summed E-state index contributed by atoms with van der Waals surface area (Å²) < 4.78 is 5.89. The molecule has 5 saturated carbocycles. The molecule has 4 nitrogen and oxygen atoms in total. The van der Waals surface area contributed by atoms with Gasteiger partial charge in [0.05, 0.1) is 0 Å². The van der Waals surface area contributed by atoms with Crippen LogP contribution in [-0.2, 0) is 19.1 Å². The molecule has 5 aliphatic rings. The maximum atomic E-state index is 13.5. The Morgan fingerprint density at radius 1 is 0.789 bits per heavy atom. The first-order valence-electron chi connectivity index (χ1n) is 15.5. The van der Waals surface area contributed by atoms with Crippen molar-refractivity contribution in [1.29, 1.82) is 0 Å². The minimum Gasteiger partial charge on any atom is -0.462 e. The third kappa shape index (κ3) is 3.63. The SMILES string of the molecule is CC(=O)O[C@H]1CCC2(C)[C@H]3CCC4C5C(C(C)C)CC[C@]5(C(=O)C(=O)Cl)CC[C@@]4(C)[C@]3(C)CC[C@H]2C1(C)C. The number of rotatable bonds is 4. The number of carbonyl (C=O) groups is 3. The van der Waals surface area contributed by atoms with Crippen LogP contribution in [0.5, 0.6) is 0 Å². The number of fused-ring (bicyclic) bond motifs is 7. The largest absolute Gasteiger partial charge is 0.462 e. The van der Waals surface area contributed by atoms with Crippen LogP contribution < -0.4 is 0 Å². The van der Waals surface area contributed by atoms with Gasteiger partial charge in [0, 0.05) is 17.8 Å². The Balaban J connectivity index is 1.53. The van der Waals surface area contributed by atoms with Crippen LogP contribution in [-0.4, -0.2) is 23.1 Å². The molecule has 214 valence electrons. The molecular formula is C33H51ClO4. The van der Waals surface area contributed by atoms with Crippen LogP contribution in [0.4, 0.5) is 0 Å². The summed E-state index contributed by atoms with van der Waals surface area (Å²) in [5.74, 6) is 2.39. The van der Waals surface area contributed by atoms with Crippen molar-refractivity contribution < 1.29 is 19.1 Å². The molecule has 0 aromatic heterocycles. The van der Waals surface area contributed by atoms with Gasteiger partial charge in [0.2, 0.25) is 5.78 Å². The fraction of sp³-hybridized carbons (Fsp3) is 0.909. The summed E-state index contributed by atoms with van der Waals surface area (Å²) in [4.78, 5) is 37.8. The lowest BCUT2D eigenvalue weighted by Gasteiger charge is -2.73. The predicted molar refractivity (Wildman–Crippen MR) is 150 cm³/mol. The smallest absolute Gasteiger partial charge is 0.302 e. The highest BCUT2D eigenvalue weighted by Gasteiger charge is 2.72. The molecule has 0 radical (unpaired) electrons. The Kier molecular flexibility index (Phi) is 6.82.